The molecule has 0 radical (unpaired) electrons. The number of halogens is 1. The lowest BCUT2D eigenvalue weighted by atomic mass is 10.1. The van der Waals surface area contributed by atoms with Gasteiger partial charge in [0.15, 0.2) is 5.78 Å². The fourth-order valence-electron chi connectivity index (χ4n) is 1.38. The average molecular weight is 252 g/mol. The van der Waals surface area contributed by atoms with Gasteiger partial charge in [-0.1, -0.05) is 0 Å². The number of carbonyl (C=O) groups is 1. The van der Waals surface area contributed by atoms with Crippen molar-refractivity contribution < 1.29 is 9.18 Å². The number of benzene rings is 1. The Bertz CT molecular complexity index is 502. The first-order valence-corrected chi connectivity index (χ1v) is 6.74. The van der Waals surface area contributed by atoms with Crippen molar-refractivity contribution in [1.82, 2.24) is 0 Å². The summed E-state index contributed by atoms with van der Waals surface area (Å²) in [5.74, 6) is -0.377. The number of thiophene rings is 1. The lowest BCUT2D eigenvalue weighted by Crippen LogP contribution is -2.00. The molecule has 0 amide bonds. The van der Waals surface area contributed by atoms with Crippen molar-refractivity contribution >= 4 is 28.9 Å². The molecule has 82 valence electrons. The van der Waals surface area contributed by atoms with Crippen LogP contribution in [-0.2, 0) is 0 Å². The Morgan fingerprint density at radius 1 is 1.25 bits per heavy atom. The highest BCUT2D eigenvalue weighted by molar-refractivity contribution is 8.00. The summed E-state index contributed by atoms with van der Waals surface area (Å²) in [7, 11) is 0. The molecule has 0 bridgehead atoms. The van der Waals surface area contributed by atoms with Crippen LogP contribution in [0.2, 0.25) is 0 Å². The molecule has 0 saturated carbocycles. The zero-order valence-corrected chi connectivity index (χ0v) is 10.2. The fourth-order valence-corrected chi connectivity index (χ4v) is 2.93. The van der Waals surface area contributed by atoms with Gasteiger partial charge < -0.3 is 0 Å². The van der Waals surface area contributed by atoms with E-state index in [2.05, 4.69) is 0 Å². The van der Waals surface area contributed by atoms with E-state index in [-0.39, 0.29) is 11.6 Å². The standard InChI is InChI=1S/C12H9FOS2/c1-15-12-10(6-7-16-12)11(14)8-2-4-9(13)5-3-8/h2-7H,1H3. The molecule has 1 aromatic carbocycles. The Labute approximate surface area is 101 Å². The lowest BCUT2D eigenvalue weighted by Gasteiger charge is -2.00. The van der Waals surface area contributed by atoms with Gasteiger partial charge in [-0.2, -0.15) is 0 Å². The van der Waals surface area contributed by atoms with Crippen LogP contribution in [0.25, 0.3) is 0 Å². The van der Waals surface area contributed by atoms with Crippen LogP contribution in [0.15, 0.2) is 39.9 Å². The van der Waals surface area contributed by atoms with Crippen LogP contribution in [0.1, 0.15) is 15.9 Å². The van der Waals surface area contributed by atoms with Crippen LogP contribution in [0.5, 0.6) is 0 Å². The van der Waals surface area contributed by atoms with Gasteiger partial charge in [0.05, 0.1) is 4.21 Å². The van der Waals surface area contributed by atoms with E-state index in [0.29, 0.717) is 11.1 Å². The molecule has 1 nitrogen and oxygen atoms in total. The fraction of sp³-hybridized carbons (Fsp3) is 0.0833. The van der Waals surface area contributed by atoms with E-state index in [1.54, 1.807) is 23.1 Å². The predicted molar refractivity (Wildman–Crippen MR) is 65.9 cm³/mol. The summed E-state index contributed by atoms with van der Waals surface area (Å²) in [6.45, 7) is 0. The van der Waals surface area contributed by atoms with Gasteiger partial charge in [-0.05, 0) is 42.0 Å². The SMILES string of the molecule is CSc1sccc1C(=O)c1ccc(F)cc1. The highest BCUT2D eigenvalue weighted by Gasteiger charge is 2.14. The first-order valence-electron chi connectivity index (χ1n) is 4.64. The molecule has 0 saturated heterocycles. The summed E-state index contributed by atoms with van der Waals surface area (Å²) in [4.78, 5) is 12.1. The quantitative estimate of drug-likeness (QED) is 0.610. The Balaban J connectivity index is 2.35. The number of ketones is 1. The van der Waals surface area contributed by atoms with E-state index < -0.39 is 0 Å². The Morgan fingerprint density at radius 2 is 1.94 bits per heavy atom. The van der Waals surface area contributed by atoms with E-state index >= 15 is 0 Å². The van der Waals surface area contributed by atoms with Crippen molar-refractivity contribution in [3.63, 3.8) is 0 Å². The van der Waals surface area contributed by atoms with Crippen LogP contribution >= 0.6 is 23.1 Å². The van der Waals surface area contributed by atoms with E-state index in [4.69, 9.17) is 0 Å². The van der Waals surface area contributed by atoms with Crippen LogP contribution in [0.3, 0.4) is 0 Å². The molecular formula is C12H9FOS2. The van der Waals surface area contributed by atoms with Gasteiger partial charge in [0.2, 0.25) is 0 Å². The van der Waals surface area contributed by atoms with Gasteiger partial charge >= 0.3 is 0 Å². The van der Waals surface area contributed by atoms with E-state index in [0.717, 1.165) is 4.21 Å². The molecule has 0 spiro atoms. The van der Waals surface area contributed by atoms with Gasteiger partial charge in [0.25, 0.3) is 0 Å². The molecule has 2 aromatic rings. The largest absolute Gasteiger partial charge is 0.289 e. The first kappa shape index (κ1) is 11.4. The molecule has 2 rings (SSSR count). The highest BCUT2D eigenvalue weighted by Crippen LogP contribution is 2.28. The van der Waals surface area contributed by atoms with Crippen LogP contribution in [-0.4, -0.2) is 12.0 Å². The average Bonchev–Trinajstić information content (AvgIpc) is 2.77. The number of hydrogen-bond donors (Lipinski definition) is 0. The minimum atomic E-state index is -0.327. The lowest BCUT2D eigenvalue weighted by molar-refractivity contribution is 0.103. The predicted octanol–water partition coefficient (Wildman–Crippen LogP) is 3.84. The molecule has 0 aliphatic carbocycles. The second-order valence-corrected chi connectivity index (χ2v) is 5.15. The molecule has 1 aromatic heterocycles. The van der Waals surface area contributed by atoms with Gasteiger partial charge in [0.1, 0.15) is 5.82 Å². The third kappa shape index (κ3) is 2.18. The maximum Gasteiger partial charge on any atom is 0.195 e. The Kier molecular flexibility index (Phi) is 3.41. The summed E-state index contributed by atoms with van der Waals surface area (Å²) >= 11 is 3.10. The molecule has 4 heteroatoms. The summed E-state index contributed by atoms with van der Waals surface area (Å²) in [6, 6.07) is 7.44. The third-order valence-corrected chi connectivity index (χ3v) is 4.25. The van der Waals surface area contributed by atoms with Crippen LogP contribution in [0, 0.1) is 5.82 Å². The van der Waals surface area contributed by atoms with Gasteiger partial charge in [-0.25, -0.2) is 4.39 Å². The third-order valence-electron chi connectivity index (χ3n) is 2.17. The molecule has 0 unspecified atom stereocenters. The van der Waals surface area contributed by atoms with Gasteiger partial charge in [-0.15, -0.1) is 23.1 Å². The smallest absolute Gasteiger partial charge is 0.195 e. The van der Waals surface area contributed by atoms with Crippen molar-refractivity contribution in [2.45, 2.75) is 4.21 Å². The topological polar surface area (TPSA) is 17.1 Å². The normalized spacial score (nSPS) is 10.4. The Morgan fingerprint density at radius 3 is 2.56 bits per heavy atom. The molecule has 1 heterocycles. The molecule has 0 aliphatic rings. The number of hydrogen-bond acceptors (Lipinski definition) is 3. The van der Waals surface area contributed by atoms with Crippen LogP contribution < -0.4 is 0 Å². The summed E-state index contributed by atoms with van der Waals surface area (Å²) < 4.78 is 13.7. The molecule has 0 atom stereocenters. The monoisotopic (exact) mass is 252 g/mol. The molecule has 0 aliphatic heterocycles. The minimum Gasteiger partial charge on any atom is -0.289 e. The second-order valence-electron chi connectivity index (χ2n) is 3.16. The minimum absolute atomic E-state index is 0.0504. The summed E-state index contributed by atoms with van der Waals surface area (Å²) in [6.07, 6.45) is 1.94. The van der Waals surface area contributed by atoms with E-state index in [1.165, 1.54) is 24.3 Å². The summed E-state index contributed by atoms with van der Waals surface area (Å²) in [5, 5.41) is 1.89. The summed E-state index contributed by atoms with van der Waals surface area (Å²) in [5.41, 5.74) is 1.22. The zero-order valence-electron chi connectivity index (χ0n) is 8.57. The molecule has 0 fully saturated rings. The highest BCUT2D eigenvalue weighted by atomic mass is 32.2. The maximum absolute atomic E-state index is 12.7. The van der Waals surface area contributed by atoms with Crippen molar-refractivity contribution in [2.75, 3.05) is 6.26 Å². The number of rotatable bonds is 3. The molecule has 16 heavy (non-hydrogen) atoms. The zero-order chi connectivity index (χ0) is 11.5. The Hall–Kier alpha value is -1.13. The van der Waals surface area contributed by atoms with Crippen LogP contribution in [0.4, 0.5) is 4.39 Å². The van der Waals surface area contributed by atoms with E-state index in [9.17, 15) is 9.18 Å². The molecule has 0 N–H and O–H groups in total. The number of thioether (sulfide) groups is 1. The van der Waals surface area contributed by atoms with Gasteiger partial charge in [-0.3, -0.25) is 4.79 Å². The van der Waals surface area contributed by atoms with Crippen molar-refractivity contribution in [3.8, 4) is 0 Å². The van der Waals surface area contributed by atoms with Crippen molar-refractivity contribution in [1.29, 1.82) is 0 Å². The van der Waals surface area contributed by atoms with Gasteiger partial charge in [0, 0.05) is 11.1 Å². The molecular weight excluding hydrogens is 243 g/mol. The van der Waals surface area contributed by atoms with E-state index in [1.807, 2.05) is 17.7 Å². The van der Waals surface area contributed by atoms with Crippen molar-refractivity contribution in [2.24, 2.45) is 0 Å². The second kappa shape index (κ2) is 4.80. The number of carbonyl (C=O) groups excluding carboxylic acids is 1. The van der Waals surface area contributed by atoms with Crippen molar-refractivity contribution in [3.05, 3.63) is 52.7 Å². The maximum atomic E-state index is 12.7. The first-order chi connectivity index (χ1) is 7.72.